The lowest BCUT2D eigenvalue weighted by Gasteiger charge is -2.14. The Hall–Kier alpha value is -1.89. The molecule has 7 heteroatoms. The first-order chi connectivity index (χ1) is 9.08. The third-order valence-corrected chi connectivity index (χ3v) is 2.75. The van der Waals surface area contributed by atoms with E-state index in [9.17, 15) is 10.1 Å². The molecule has 106 valence electrons. The SMILES string of the molecule is CCNc1ccc([N+](=O)[O-])c(NCCN(C)CC)n1. The molecule has 19 heavy (non-hydrogen) atoms. The van der Waals surface area contributed by atoms with Crippen molar-refractivity contribution in [2.24, 2.45) is 0 Å². The Bertz CT molecular complexity index is 425. The summed E-state index contributed by atoms with van der Waals surface area (Å²) in [5, 5.41) is 17.0. The van der Waals surface area contributed by atoms with Crippen molar-refractivity contribution >= 4 is 17.3 Å². The molecule has 0 atom stereocenters. The van der Waals surface area contributed by atoms with Crippen molar-refractivity contribution in [3.05, 3.63) is 22.2 Å². The van der Waals surface area contributed by atoms with Crippen molar-refractivity contribution in [1.82, 2.24) is 9.88 Å². The fourth-order valence-electron chi connectivity index (χ4n) is 1.53. The maximum Gasteiger partial charge on any atom is 0.311 e. The van der Waals surface area contributed by atoms with Crippen LogP contribution in [0.25, 0.3) is 0 Å². The Morgan fingerprint density at radius 1 is 1.37 bits per heavy atom. The molecule has 0 bridgehead atoms. The van der Waals surface area contributed by atoms with Gasteiger partial charge in [-0.05, 0) is 26.6 Å². The molecule has 0 radical (unpaired) electrons. The van der Waals surface area contributed by atoms with Crippen LogP contribution in [0.3, 0.4) is 0 Å². The van der Waals surface area contributed by atoms with E-state index in [2.05, 4.69) is 27.4 Å². The first-order valence-corrected chi connectivity index (χ1v) is 6.40. The van der Waals surface area contributed by atoms with Crippen molar-refractivity contribution < 1.29 is 4.92 Å². The van der Waals surface area contributed by atoms with Gasteiger partial charge in [0.05, 0.1) is 4.92 Å². The number of nitro groups is 1. The molecule has 0 amide bonds. The zero-order valence-corrected chi connectivity index (χ0v) is 11.6. The van der Waals surface area contributed by atoms with Gasteiger partial charge in [0.15, 0.2) is 0 Å². The Balaban J connectivity index is 2.76. The van der Waals surface area contributed by atoms with Gasteiger partial charge in [-0.3, -0.25) is 10.1 Å². The molecule has 7 nitrogen and oxygen atoms in total. The Labute approximate surface area is 113 Å². The van der Waals surface area contributed by atoms with Crippen LogP contribution in [-0.2, 0) is 0 Å². The van der Waals surface area contributed by atoms with Gasteiger partial charge in [0.25, 0.3) is 0 Å². The molecule has 0 aromatic carbocycles. The molecule has 2 N–H and O–H groups in total. The summed E-state index contributed by atoms with van der Waals surface area (Å²) in [5.74, 6) is 0.951. The minimum atomic E-state index is -0.422. The number of pyridine rings is 1. The molecule has 0 aliphatic rings. The van der Waals surface area contributed by atoms with Crippen molar-refractivity contribution in [3.63, 3.8) is 0 Å². The lowest BCUT2D eigenvalue weighted by molar-refractivity contribution is -0.384. The number of rotatable bonds is 8. The number of aromatic nitrogens is 1. The summed E-state index contributed by atoms with van der Waals surface area (Å²) in [6.45, 7) is 7.10. The summed E-state index contributed by atoms with van der Waals surface area (Å²) in [5.41, 5.74) is 0.000745. The molecule has 1 rings (SSSR count). The standard InChI is InChI=1S/C12H21N5O2/c1-4-13-11-7-6-10(17(18)19)12(15-11)14-8-9-16(3)5-2/h6-7H,4-5,8-9H2,1-3H3,(H2,13,14,15). The van der Waals surface area contributed by atoms with Crippen LogP contribution < -0.4 is 10.6 Å². The molecule has 0 aliphatic heterocycles. The number of nitrogens with one attached hydrogen (secondary N) is 2. The maximum absolute atomic E-state index is 10.9. The summed E-state index contributed by atoms with van der Waals surface area (Å²) in [6, 6.07) is 3.09. The molecule has 0 spiro atoms. The second-order valence-electron chi connectivity index (χ2n) is 4.17. The van der Waals surface area contributed by atoms with Crippen molar-refractivity contribution in [2.75, 3.05) is 43.9 Å². The van der Waals surface area contributed by atoms with Crippen LogP contribution >= 0.6 is 0 Å². The lowest BCUT2D eigenvalue weighted by atomic mass is 10.3. The van der Waals surface area contributed by atoms with E-state index in [-0.39, 0.29) is 5.69 Å². The first kappa shape index (κ1) is 15.2. The predicted octanol–water partition coefficient (Wildman–Crippen LogP) is 1.79. The second-order valence-corrected chi connectivity index (χ2v) is 4.17. The molecule has 1 aromatic heterocycles. The van der Waals surface area contributed by atoms with Crippen molar-refractivity contribution in [3.8, 4) is 0 Å². The average Bonchev–Trinajstić information content (AvgIpc) is 2.38. The number of hydrogen-bond acceptors (Lipinski definition) is 6. The molecule has 1 aromatic rings. The van der Waals surface area contributed by atoms with Crippen LogP contribution in [0.15, 0.2) is 12.1 Å². The van der Waals surface area contributed by atoms with E-state index in [0.29, 0.717) is 18.2 Å². The van der Waals surface area contributed by atoms with E-state index < -0.39 is 4.92 Å². The van der Waals surface area contributed by atoms with E-state index in [4.69, 9.17) is 0 Å². The van der Waals surface area contributed by atoms with E-state index in [1.54, 1.807) is 6.07 Å². The zero-order chi connectivity index (χ0) is 14.3. The van der Waals surface area contributed by atoms with Crippen molar-refractivity contribution in [2.45, 2.75) is 13.8 Å². The minimum absolute atomic E-state index is 0.000745. The molecule has 1 heterocycles. The van der Waals surface area contributed by atoms with E-state index >= 15 is 0 Å². The average molecular weight is 267 g/mol. The van der Waals surface area contributed by atoms with E-state index in [1.165, 1.54) is 6.07 Å². The third kappa shape index (κ3) is 4.70. The monoisotopic (exact) mass is 267 g/mol. The predicted molar refractivity (Wildman–Crippen MR) is 76.7 cm³/mol. The Morgan fingerprint density at radius 3 is 2.68 bits per heavy atom. The van der Waals surface area contributed by atoms with Crippen LogP contribution in [0.5, 0.6) is 0 Å². The first-order valence-electron chi connectivity index (χ1n) is 6.40. The van der Waals surface area contributed by atoms with Gasteiger partial charge in [-0.1, -0.05) is 6.92 Å². The molecule has 0 fully saturated rings. The van der Waals surface area contributed by atoms with Gasteiger partial charge in [0, 0.05) is 25.7 Å². The highest BCUT2D eigenvalue weighted by atomic mass is 16.6. The van der Waals surface area contributed by atoms with E-state index in [0.717, 1.165) is 19.6 Å². The smallest absolute Gasteiger partial charge is 0.311 e. The highest BCUT2D eigenvalue weighted by Crippen LogP contribution is 2.23. The molecule has 0 saturated carbocycles. The summed E-state index contributed by atoms with van der Waals surface area (Å²) < 4.78 is 0. The summed E-state index contributed by atoms with van der Waals surface area (Å²) in [4.78, 5) is 16.9. The van der Waals surface area contributed by atoms with Crippen molar-refractivity contribution in [1.29, 1.82) is 0 Å². The quantitative estimate of drug-likeness (QED) is 0.552. The van der Waals surface area contributed by atoms with Crippen LogP contribution in [0.2, 0.25) is 0 Å². The lowest BCUT2D eigenvalue weighted by Crippen LogP contribution is -2.25. The number of likely N-dealkylation sites (N-methyl/N-ethyl adjacent to an activating group) is 1. The molecular formula is C12H21N5O2. The van der Waals surface area contributed by atoms with Crippen LogP contribution in [-0.4, -0.2) is 48.0 Å². The molecule has 0 aliphatic carbocycles. The fraction of sp³-hybridized carbons (Fsp3) is 0.583. The van der Waals surface area contributed by atoms with Gasteiger partial charge in [0.2, 0.25) is 5.82 Å². The van der Waals surface area contributed by atoms with Gasteiger partial charge >= 0.3 is 5.69 Å². The van der Waals surface area contributed by atoms with Crippen LogP contribution in [0.4, 0.5) is 17.3 Å². The molecule has 0 unspecified atom stereocenters. The van der Waals surface area contributed by atoms with Gasteiger partial charge < -0.3 is 15.5 Å². The highest BCUT2D eigenvalue weighted by molar-refractivity contribution is 5.60. The Morgan fingerprint density at radius 2 is 2.11 bits per heavy atom. The normalized spacial score (nSPS) is 10.5. The van der Waals surface area contributed by atoms with Crippen LogP contribution in [0, 0.1) is 10.1 Å². The summed E-state index contributed by atoms with van der Waals surface area (Å²) in [6.07, 6.45) is 0. The molecule has 0 saturated heterocycles. The summed E-state index contributed by atoms with van der Waals surface area (Å²) >= 11 is 0. The minimum Gasteiger partial charge on any atom is -0.370 e. The van der Waals surface area contributed by atoms with Gasteiger partial charge in [-0.2, -0.15) is 0 Å². The third-order valence-electron chi connectivity index (χ3n) is 2.75. The Kier molecular flexibility index (Phi) is 6.01. The van der Waals surface area contributed by atoms with Gasteiger partial charge in [-0.15, -0.1) is 0 Å². The second kappa shape index (κ2) is 7.52. The van der Waals surface area contributed by atoms with Gasteiger partial charge in [-0.25, -0.2) is 4.98 Å². The highest BCUT2D eigenvalue weighted by Gasteiger charge is 2.15. The summed E-state index contributed by atoms with van der Waals surface area (Å²) in [7, 11) is 2.00. The van der Waals surface area contributed by atoms with Crippen LogP contribution in [0.1, 0.15) is 13.8 Å². The molecular weight excluding hydrogens is 246 g/mol. The number of nitrogens with zero attached hydrogens (tertiary/aromatic N) is 3. The zero-order valence-electron chi connectivity index (χ0n) is 11.6. The topological polar surface area (TPSA) is 83.3 Å². The largest absolute Gasteiger partial charge is 0.370 e. The fourth-order valence-corrected chi connectivity index (χ4v) is 1.53. The number of hydrogen-bond donors (Lipinski definition) is 2. The number of anilines is 2. The van der Waals surface area contributed by atoms with E-state index in [1.807, 2.05) is 14.0 Å². The van der Waals surface area contributed by atoms with Gasteiger partial charge in [0.1, 0.15) is 5.82 Å². The maximum atomic E-state index is 10.9.